The Labute approximate surface area is 149 Å². The minimum atomic E-state index is -1.17. The fourth-order valence-electron chi connectivity index (χ4n) is 3.40. The van der Waals surface area contributed by atoms with Crippen molar-refractivity contribution < 1.29 is 19.6 Å². The van der Waals surface area contributed by atoms with E-state index in [4.69, 9.17) is 0 Å². The SMILES string of the molecule is CC1=NC(C)=C(C(=O)NC2CC2)C(c2ccccc2[N+](=O)[O-])C1C(=O)O. The highest BCUT2D eigenvalue weighted by Crippen LogP contribution is 2.42. The molecule has 0 aromatic heterocycles. The zero-order chi connectivity index (χ0) is 19.0. The van der Waals surface area contributed by atoms with Crippen LogP contribution in [0.5, 0.6) is 0 Å². The normalized spacial score (nSPS) is 22.6. The maximum atomic E-state index is 12.8. The largest absolute Gasteiger partial charge is 0.481 e. The number of rotatable bonds is 5. The Kier molecular flexibility index (Phi) is 4.58. The standard InChI is InChI=1S/C18H19N3O5/c1-9-14(17(22)20-11-7-8-11)16(15(18(23)24)10(2)19-9)12-5-3-4-6-13(12)21(25)26/h3-6,11,15-16H,7-8H2,1-2H3,(H,20,22)(H,23,24). The molecule has 1 aromatic carbocycles. The van der Waals surface area contributed by atoms with E-state index in [1.165, 1.54) is 18.2 Å². The number of allylic oxidation sites excluding steroid dienone is 1. The number of nitro groups is 1. The minimum Gasteiger partial charge on any atom is -0.481 e. The van der Waals surface area contributed by atoms with Crippen molar-refractivity contribution in [1.82, 2.24) is 5.32 Å². The zero-order valence-electron chi connectivity index (χ0n) is 14.4. The Bertz CT molecular complexity index is 854. The molecule has 26 heavy (non-hydrogen) atoms. The number of amides is 1. The molecule has 1 fully saturated rings. The van der Waals surface area contributed by atoms with Crippen molar-refractivity contribution in [3.63, 3.8) is 0 Å². The van der Waals surface area contributed by atoms with Gasteiger partial charge in [-0.15, -0.1) is 0 Å². The van der Waals surface area contributed by atoms with Gasteiger partial charge in [-0.1, -0.05) is 18.2 Å². The number of carbonyl (C=O) groups excluding carboxylic acids is 1. The lowest BCUT2D eigenvalue weighted by Crippen LogP contribution is -2.39. The first-order valence-corrected chi connectivity index (χ1v) is 8.34. The van der Waals surface area contributed by atoms with Gasteiger partial charge in [0.25, 0.3) is 5.69 Å². The number of benzene rings is 1. The number of hydrogen-bond acceptors (Lipinski definition) is 5. The van der Waals surface area contributed by atoms with Crippen LogP contribution in [0, 0.1) is 16.0 Å². The Morgan fingerprint density at radius 3 is 2.50 bits per heavy atom. The highest BCUT2D eigenvalue weighted by Gasteiger charge is 2.44. The summed E-state index contributed by atoms with van der Waals surface area (Å²) in [6.07, 6.45) is 1.75. The second kappa shape index (κ2) is 6.70. The third-order valence-electron chi connectivity index (χ3n) is 4.72. The third-order valence-corrected chi connectivity index (χ3v) is 4.72. The highest BCUT2D eigenvalue weighted by molar-refractivity contribution is 6.07. The molecule has 0 bridgehead atoms. The first kappa shape index (κ1) is 17.8. The van der Waals surface area contributed by atoms with Crippen molar-refractivity contribution in [2.45, 2.75) is 38.6 Å². The molecule has 8 heteroatoms. The number of nitro benzene ring substituents is 1. The lowest BCUT2D eigenvalue weighted by atomic mass is 9.75. The van der Waals surface area contributed by atoms with Crippen LogP contribution in [0.3, 0.4) is 0 Å². The molecule has 1 amide bonds. The maximum absolute atomic E-state index is 12.8. The van der Waals surface area contributed by atoms with Crippen molar-refractivity contribution >= 4 is 23.3 Å². The monoisotopic (exact) mass is 357 g/mol. The predicted molar refractivity (Wildman–Crippen MR) is 93.9 cm³/mol. The smallest absolute Gasteiger partial charge is 0.313 e. The van der Waals surface area contributed by atoms with E-state index in [-0.39, 0.29) is 22.9 Å². The number of aliphatic carboxylic acids is 1. The highest BCUT2D eigenvalue weighted by atomic mass is 16.6. The molecule has 3 rings (SSSR count). The van der Waals surface area contributed by atoms with E-state index in [0.717, 1.165) is 12.8 Å². The molecule has 2 unspecified atom stereocenters. The van der Waals surface area contributed by atoms with Crippen LogP contribution in [0.25, 0.3) is 0 Å². The lowest BCUT2D eigenvalue weighted by Gasteiger charge is -2.30. The van der Waals surface area contributed by atoms with Gasteiger partial charge >= 0.3 is 5.97 Å². The molecule has 8 nitrogen and oxygen atoms in total. The van der Waals surface area contributed by atoms with Crippen molar-refractivity contribution in [3.05, 3.63) is 51.2 Å². The number of nitrogens with zero attached hydrogens (tertiary/aromatic N) is 2. The molecule has 1 aliphatic heterocycles. The first-order chi connectivity index (χ1) is 12.3. The molecule has 2 atom stereocenters. The number of carbonyl (C=O) groups is 2. The van der Waals surface area contributed by atoms with E-state index in [2.05, 4.69) is 10.3 Å². The van der Waals surface area contributed by atoms with Crippen LogP contribution in [0.4, 0.5) is 5.69 Å². The van der Waals surface area contributed by atoms with Crippen LogP contribution in [0.2, 0.25) is 0 Å². The molecule has 2 aliphatic rings. The van der Waals surface area contributed by atoms with Gasteiger partial charge in [0.05, 0.1) is 4.92 Å². The molecule has 136 valence electrons. The summed E-state index contributed by atoms with van der Waals surface area (Å²) in [5.74, 6) is -3.68. The summed E-state index contributed by atoms with van der Waals surface area (Å²) in [5, 5.41) is 24.1. The minimum absolute atomic E-state index is 0.0736. The maximum Gasteiger partial charge on any atom is 0.313 e. The van der Waals surface area contributed by atoms with Crippen molar-refractivity contribution in [2.24, 2.45) is 10.9 Å². The van der Waals surface area contributed by atoms with Gasteiger partial charge in [-0.05, 0) is 26.7 Å². The topological polar surface area (TPSA) is 122 Å². The molecule has 1 saturated carbocycles. The number of para-hydroxylation sites is 1. The average molecular weight is 357 g/mol. The Hall–Kier alpha value is -3.03. The number of aliphatic imine (C=N–C) groups is 1. The number of hydrogen-bond donors (Lipinski definition) is 2. The van der Waals surface area contributed by atoms with Crippen LogP contribution in [-0.4, -0.2) is 33.7 Å². The summed E-state index contributed by atoms with van der Waals surface area (Å²) < 4.78 is 0. The Morgan fingerprint density at radius 1 is 1.27 bits per heavy atom. The van der Waals surface area contributed by atoms with E-state index in [1.54, 1.807) is 19.9 Å². The zero-order valence-corrected chi connectivity index (χ0v) is 14.4. The van der Waals surface area contributed by atoms with Gasteiger partial charge in [0.1, 0.15) is 5.92 Å². The summed E-state index contributed by atoms with van der Waals surface area (Å²) in [4.78, 5) is 39.9. The van der Waals surface area contributed by atoms with Crippen LogP contribution >= 0.6 is 0 Å². The van der Waals surface area contributed by atoms with Gasteiger partial charge in [0, 0.05) is 40.6 Å². The van der Waals surface area contributed by atoms with Crippen LogP contribution in [-0.2, 0) is 9.59 Å². The molecule has 1 aromatic rings. The second-order valence-corrected chi connectivity index (χ2v) is 6.61. The van der Waals surface area contributed by atoms with Gasteiger partial charge < -0.3 is 10.4 Å². The van der Waals surface area contributed by atoms with Crippen molar-refractivity contribution in [1.29, 1.82) is 0 Å². The lowest BCUT2D eigenvalue weighted by molar-refractivity contribution is -0.385. The molecular weight excluding hydrogens is 338 g/mol. The number of carboxylic acids is 1. The number of nitrogens with one attached hydrogen (secondary N) is 1. The van der Waals surface area contributed by atoms with Gasteiger partial charge in [-0.25, -0.2) is 0 Å². The van der Waals surface area contributed by atoms with E-state index in [9.17, 15) is 24.8 Å². The fourth-order valence-corrected chi connectivity index (χ4v) is 3.40. The van der Waals surface area contributed by atoms with Crippen LogP contribution in [0.1, 0.15) is 38.2 Å². The van der Waals surface area contributed by atoms with Gasteiger partial charge in [0.2, 0.25) is 5.91 Å². The average Bonchev–Trinajstić information content (AvgIpc) is 3.37. The summed E-state index contributed by atoms with van der Waals surface area (Å²) in [6.45, 7) is 3.20. The van der Waals surface area contributed by atoms with Gasteiger partial charge in [-0.3, -0.25) is 24.7 Å². The van der Waals surface area contributed by atoms with Crippen LogP contribution < -0.4 is 5.32 Å². The molecular formula is C18H19N3O5. The third kappa shape index (κ3) is 3.22. The second-order valence-electron chi connectivity index (χ2n) is 6.61. The molecule has 0 saturated heterocycles. The quantitative estimate of drug-likeness (QED) is 0.619. The van der Waals surface area contributed by atoms with Crippen molar-refractivity contribution in [2.75, 3.05) is 0 Å². The van der Waals surface area contributed by atoms with E-state index in [1.807, 2.05) is 0 Å². The van der Waals surface area contributed by atoms with Gasteiger partial charge in [-0.2, -0.15) is 0 Å². The molecule has 0 spiro atoms. The van der Waals surface area contributed by atoms with E-state index in [0.29, 0.717) is 11.4 Å². The van der Waals surface area contributed by atoms with Gasteiger partial charge in [0.15, 0.2) is 0 Å². The molecule has 2 N–H and O–H groups in total. The molecule has 1 aliphatic carbocycles. The first-order valence-electron chi connectivity index (χ1n) is 8.34. The number of carboxylic acid groups (broad SMARTS) is 1. The van der Waals surface area contributed by atoms with Crippen molar-refractivity contribution in [3.8, 4) is 0 Å². The van der Waals surface area contributed by atoms with Crippen LogP contribution in [0.15, 0.2) is 40.5 Å². The Morgan fingerprint density at radius 2 is 1.92 bits per heavy atom. The summed E-state index contributed by atoms with van der Waals surface area (Å²) in [7, 11) is 0. The van der Waals surface area contributed by atoms with E-state index < -0.39 is 28.6 Å². The van der Waals surface area contributed by atoms with E-state index >= 15 is 0 Å². The Balaban J connectivity index is 2.18. The predicted octanol–water partition coefficient (Wildman–Crippen LogP) is 2.41. The summed E-state index contributed by atoms with van der Waals surface area (Å²) >= 11 is 0. The summed E-state index contributed by atoms with van der Waals surface area (Å²) in [6, 6.07) is 6.02. The molecule has 1 heterocycles. The fraction of sp³-hybridized carbons (Fsp3) is 0.389. The molecule has 0 radical (unpaired) electrons. The summed E-state index contributed by atoms with van der Waals surface area (Å²) in [5.41, 5.74) is 0.897.